The second kappa shape index (κ2) is 11.2. The number of hydrogen-bond donors (Lipinski definition) is 1. The smallest absolute Gasteiger partial charge is 0.216 e. The number of nitrogens with zero attached hydrogens (tertiary/aromatic N) is 1. The number of rotatable bonds is 11. The van der Waals surface area contributed by atoms with Crippen molar-refractivity contribution in [2.24, 2.45) is 0 Å². The Labute approximate surface area is 157 Å². The maximum absolute atomic E-state index is 10.9. The van der Waals surface area contributed by atoms with Crippen LogP contribution in [0.5, 0.6) is 5.75 Å². The Hall–Kier alpha value is -2.49. The number of aryl methyl sites for hydroxylation is 1. The van der Waals surface area contributed by atoms with Gasteiger partial charge in [0.05, 0.1) is 6.61 Å². The predicted octanol–water partition coefficient (Wildman–Crippen LogP) is 4.05. The van der Waals surface area contributed by atoms with Gasteiger partial charge in [-0.05, 0) is 43.4 Å². The van der Waals surface area contributed by atoms with E-state index < -0.39 is 0 Å². The number of hydrogen-bond acceptors (Lipinski definition) is 3. The molecule has 0 unspecified atom stereocenters. The summed E-state index contributed by atoms with van der Waals surface area (Å²) in [5.41, 5.74) is 2.52. The summed E-state index contributed by atoms with van der Waals surface area (Å²) in [6, 6.07) is 18.8. The highest BCUT2D eigenvalue weighted by molar-refractivity contribution is 5.72. The number of carbonyl (C=O) groups is 1. The third kappa shape index (κ3) is 7.60. The Kier molecular flexibility index (Phi) is 8.53. The molecule has 0 bridgehead atoms. The van der Waals surface area contributed by atoms with Gasteiger partial charge in [0.25, 0.3) is 0 Å². The number of nitrogens with one attached hydrogen (secondary N) is 1. The van der Waals surface area contributed by atoms with Crippen LogP contribution in [0.2, 0.25) is 0 Å². The third-order valence-corrected chi connectivity index (χ3v) is 4.27. The lowest BCUT2D eigenvalue weighted by Crippen LogP contribution is -2.26. The van der Waals surface area contributed by atoms with E-state index in [0.29, 0.717) is 6.54 Å². The monoisotopic (exact) mass is 354 g/mol. The van der Waals surface area contributed by atoms with Gasteiger partial charge >= 0.3 is 0 Å². The number of ether oxygens (including phenoxy) is 1. The van der Waals surface area contributed by atoms with Crippen molar-refractivity contribution in [3.05, 3.63) is 60.2 Å². The van der Waals surface area contributed by atoms with Crippen LogP contribution in [-0.2, 0) is 11.2 Å². The maximum Gasteiger partial charge on any atom is 0.216 e. The molecule has 0 saturated heterocycles. The van der Waals surface area contributed by atoms with Crippen molar-refractivity contribution in [2.75, 3.05) is 31.6 Å². The zero-order chi connectivity index (χ0) is 18.6. The summed E-state index contributed by atoms with van der Waals surface area (Å²) >= 11 is 0. The summed E-state index contributed by atoms with van der Waals surface area (Å²) < 4.78 is 5.91. The summed E-state index contributed by atoms with van der Waals surface area (Å²) in [7, 11) is 2.06. The second-order valence-electron chi connectivity index (χ2n) is 6.55. The second-order valence-corrected chi connectivity index (χ2v) is 6.55. The summed E-state index contributed by atoms with van der Waals surface area (Å²) in [5, 5.41) is 2.83. The molecule has 26 heavy (non-hydrogen) atoms. The Morgan fingerprint density at radius 3 is 2.62 bits per heavy atom. The summed E-state index contributed by atoms with van der Waals surface area (Å²) in [6.45, 7) is 3.88. The van der Waals surface area contributed by atoms with Crippen LogP contribution in [0.1, 0.15) is 31.7 Å². The number of benzene rings is 2. The molecule has 2 aromatic carbocycles. The van der Waals surface area contributed by atoms with E-state index in [1.165, 1.54) is 5.56 Å². The fourth-order valence-electron chi connectivity index (χ4n) is 2.79. The van der Waals surface area contributed by atoms with Crippen molar-refractivity contribution in [2.45, 2.75) is 32.6 Å². The van der Waals surface area contributed by atoms with E-state index in [0.717, 1.165) is 50.3 Å². The molecule has 0 heterocycles. The maximum atomic E-state index is 10.9. The normalized spacial score (nSPS) is 10.4. The Balaban J connectivity index is 1.68. The minimum atomic E-state index is 0.0234. The third-order valence-electron chi connectivity index (χ3n) is 4.27. The number of amides is 1. The molecule has 1 N–H and O–H groups in total. The van der Waals surface area contributed by atoms with Crippen LogP contribution in [0.4, 0.5) is 5.69 Å². The molecule has 0 fully saturated rings. The van der Waals surface area contributed by atoms with Gasteiger partial charge in [0.15, 0.2) is 0 Å². The van der Waals surface area contributed by atoms with Crippen molar-refractivity contribution in [1.29, 1.82) is 0 Å². The average Bonchev–Trinajstić information content (AvgIpc) is 2.66. The van der Waals surface area contributed by atoms with Crippen molar-refractivity contribution in [1.82, 2.24) is 5.32 Å². The van der Waals surface area contributed by atoms with E-state index in [1.54, 1.807) is 6.92 Å². The molecule has 0 atom stereocenters. The SMILES string of the molecule is CC(=O)NCCCN(C)c1cccc(OCCCCc2ccccc2)c1. The van der Waals surface area contributed by atoms with Gasteiger partial charge in [-0.2, -0.15) is 0 Å². The number of anilines is 1. The molecule has 4 heteroatoms. The fourth-order valence-corrected chi connectivity index (χ4v) is 2.79. The Morgan fingerprint density at radius 1 is 1.04 bits per heavy atom. The minimum absolute atomic E-state index is 0.0234. The van der Waals surface area contributed by atoms with Gasteiger partial charge in [0.2, 0.25) is 5.91 Å². The molecule has 0 aliphatic rings. The van der Waals surface area contributed by atoms with Crippen molar-refractivity contribution < 1.29 is 9.53 Å². The zero-order valence-corrected chi connectivity index (χ0v) is 15.9. The van der Waals surface area contributed by atoms with Crippen LogP contribution in [0, 0.1) is 0 Å². The quantitative estimate of drug-likeness (QED) is 0.619. The van der Waals surface area contributed by atoms with Crippen molar-refractivity contribution in [3.63, 3.8) is 0 Å². The van der Waals surface area contributed by atoms with Gasteiger partial charge in [-0.15, -0.1) is 0 Å². The summed E-state index contributed by atoms with van der Waals surface area (Å²) in [4.78, 5) is 13.1. The standard InChI is InChI=1S/C22H30N2O2/c1-19(25)23-15-9-16-24(2)21-13-8-14-22(18-21)26-17-7-6-12-20-10-4-3-5-11-20/h3-5,8,10-11,13-14,18H,6-7,9,12,15-17H2,1-2H3,(H,23,25). The molecule has 2 rings (SSSR count). The molecule has 1 amide bonds. The van der Waals surface area contributed by atoms with E-state index >= 15 is 0 Å². The zero-order valence-electron chi connectivity index (χ0n) is 15.9. The molecular weight excluding hydrogens is 324 g/mol. The molecular formula is C22H30N2O2. The van der Waals surface area contributed by atoms with E-state index in [9.17, 15) is 4.79 Å². The first-order valence-electron chi connectivity index (χ1n) is 9.37. The first kappa shape index (κ1) is 19.8. The van der Waals surface area contributed by atoms with Crippen LogP contribution in [-0.4, -0.2) is 32.7 Å². The van der Waals surface area contributed by atoms with Crippen LogP contribution >= 0.6 is 0 Å². The molecule has 0 aliphatic heterocycles. The highest BCUT2D eigenvalue weighted by atomic mass is 16.5. The van der Waals surface area contributed by atoms with Crippen LogP contribution in [0.25, 0.3) is 0 Å². The van der Waals surface area contributed by atoms with Gasteiger partial charge in [-0.3, -0.25) is 4.79 Å². The number of unbranched alkanes of at least 4 members (excludes halogenated alkanes) is 1. The Morgan fingerprint density at radius 2 is 1.85 bits per heavy atom. The van der Waals surface area contributed by atoms with Gasteiger partial charge in [-0.25, -0.2) is 0 Å². The lowest BCUT2D eigenvalue weighted by molar-refractivity contribution is -0.118. The van der Waals surface area contributed by atoms with E-state index in [1.807, 2.05) is 12.1 Å². The predicted molar refractivity (Wildman–Crippen MR) is 108 cm³/mol. The van der Waals surface area contributed by atoms with Crippen LogP contribution in [0.3, 0.4) is 0 Å². The molecule has 0 spiro atoms. The lowest BCUT2D eigenvalue weighted by Gasteiger charge is -2.20. The molecule has 2 aromatic rings. The van der Waals surface area contributed by atoms with Gasteiger partial charge in [0.1, 0.15) is 5.75 Å². The first-order chi connectivity index (χ1) is 12.6. The van der Waals surface area contributed by atoms with Crippen LogP contribution < -0.4 is 15.0 Å². The van der Waals surface area contributed by atoms with Crippen molar-refractivity contribution in [3.8, 4) is 5.75 Å². The first-order valence-corrected chi connectivity index (χ1v) is 9.37. The molecule has 0 radical (unpaired) electrons. The topological polar surface area (TPSA) is 41.6 Å². The van der Waals surface area contributed by atoms with Crippen molar-refractivity contribution >= 4 is 11.6 Å². The molecule has 0 aliphatic carbocycles. The average molecular weight is 354 g/mol. The highest BCUT2D eigenvalue weighted by Crippen LogP contribution is 2.20. The highest BCUT2D eigenvalue weighted by Gasteiger charge is 2.03. The molecule has 4 nitrogen and oxygen atoms in total. The largest absolute Gasteiger partial charge is 0.494 e. The van der Waals surface area contributed by atoms with E-state index in [4.69, 9.17) is 4.74 Å². The summed E-state index contributed by atoms with van der Waals surface area (Å²) in [6.07, 6.45) is 4.19. The van der Waals surface area contributed by atoms with E-state index in [-0.39, 0.29) is 5.91 Å². The lowest BCUT2D eigenvalue weighted by atomic mass is 10.1. The number of carbonyl (C=O) groups excluding carboxylic acids is 1. The minimum Gasteiger partial charge on any atom is -0.494 e. The fraction of sp³-hybridized carbons (Fsp3) is 0.409. The Bertz CT molecular complexity index is 658. The van der Waals surface area contributed by atoms with Gasteiger partial charge < -0.3 is 15.0 Å². The molecule has 0 saturated carbocycles. The molecule has 0 aromatic heterocycles. The summed E-state index contributed by atoms with van der Waals surface area (Å²) in [5.74, 6) is 0.936. The van der Waals surface area contributed by atoms with Gasteiger partial charge in [-0.1, -0.05) is 36.4 Å². The van der Waals surface area contributed by atoms with Gasteiger partial charge in [0, 0.05) is 38.8 Å². The molecule has 140 valence electrons. The van der Waals surface area contributed by atoms with Crippen LogP contribution in [0.15, 0.2) is 54.6 Å². The van der Waals surface area contributed by atoms with E-state index in [2.05, 4.69) is 59.7 Å².